The number of halogens is 2. The molecule has 0 unspecified atom stereocenters. The Balaban J connectivity index is 2.09. The molecule has 0 radical (unpaired) electrons. The summed E-state index contributed by atoms with van der Waals surface area (Å²) in [6.07, 6.45) is 0. The number of carbonyl (C=O) groups excluding carboxylic acids is 1. The molecule has 0 heterocycles. The third-order valence-corrected chi connectivity index (χ3v) is 3.45. The summed E-state index contributed by atoms with van der Waals surface area (Å²) < 4.78 is 5.52. The maximum atomic E-state index is 12.2. The molecule has 110 valence electrons. The fraction of sp³-hybridized carbons (Fsp3) is 0.188. The van der Waals surface area contributed by atoms with Crippen molar-refractivity contribution in [2.45, 2.75) is 13.5 Å². The zero-order valence-electron chi connectivity index (χ0n) is 11.5. The van der Waals surface area contributed by atoms with Gasteiger partial charge in [-0.05, 0) is 31.2 Å². The second kappa shape index (κ2) is 7.34. The van der Waals surface area contributed by atoms with Crippen LogP contribution in [-0.4, -0.2) is 12.5 Å². The van der Waals surface area contributed by atoms with Crippen molar-refractivity contribution >= 4 is 29.1 Å². The molecule has 5 heteroatoms. The van der Waals surface area contributed by atoms with Gasteiger partial charge in [-0.2, -0.15) is 0 Å². The highest BCUT2D eigenvalue weighted by Crippen LogP contribution is 2.21. The summed E-state index contributed by atoms with van der Waals surface area (Å²) >= 11 is 11.9. The van der Waals surface area contributed by atoms with E-state index in [1.165, 1.54) is 0 Å². The third kappa shape index (κ3) is 4.13. The van der Waals surface area contributed by atoms with Gasteiger partial charge in [-0.15, -0.1) is 0 Å². The summed E-state index contributed by atoms with van der Waals surface area (Å²) in [5, 5.41) is 3.66. The molecule has 2 rings (SSSR count). The molecule has 0 saturated carbocycles. The Morgan fingerprint density at radius 2 is 1.95 bits per heavy atom. The van der Waals surface area contributed by atoms with Crippen molar-refractivity contribution in [3.63, 3.8) is 0 Å². The second-order valence-corrected chi connectivity index (χ2v) is 5.19. The SMILES string of the molecule is CCOc1ccccc1CNC(=O)c1cc(Cl)ccc1Cl. The van der Waals surface area contributed by atoms with Crippen molar-refractivity contribution in [3.8, 4) is 5.75 Å². The highest BCUT2D eigenvalue weighted by Gasteiger charge is 2.11. The van der Waals surface area contributed by atoms with Crippen LogP contribution in [0.1, 0.15) is 22.8 Å². The Morgan fingerprint density at radius 1 is 1.19 bits per heavy atom. The summed E-state index contributed by atoms with van der Waals surface area (Å²) in [6, 6.07) is 12.4. The Kier molecular flexibility index (Phi) is 5.48. The van der Waals surface area contributed by atoms with Gasteiger partial charge in [0, 0.05) is 17.1 Å². The first kappa shape index (κ1) is 15.7. The molecule has 0 spiro atoms. The number of hydrogen-bond acceptors (Lipinski definition) is 2. The normalized spacial score (nSPS) is 10.2. The molecule has 0 bridgehead atoms. The van der Waals surface area contributed by atoms with Crippen LogP contribution in [-0.2, 0) is 6.54 Å². The standard InChI is InChI=1S/C16H15Cl2NO2/c1-2-21-15-6-4-3-5-11(15)10-19-16(20)13-9-12(17)7-8-14(13)18/h3-9H,2,10H2,1H3,(H,19,20). The quantitative estimate of drug-likeness (QED) is 0.889. The number of nitrogens with one attached hydrogen (secondary N) is 1. The number of carbonyl (C=O) groups is 1. The van der Waals surface area contributed by atoms with Gasteiger partial charge in [-0.3, -0.25) is 4.79 Å². The van der Waals surface area contributed by atoms with E-state index in [0.29, 0.717) is 28.8 Å². The van der Waals surface area contributed by atoms with Crippen LogP contribution in [0.15, 0.2) is 42.5 Å². The third-order valence-electron chi connectivity index (χ3n) is 2.88. The predicted molar refractivity (Wildman–Crippen MR) is 85.2 cm³/mol. The second-order valence-electron chi connectivity index (χ2n) is 4.35. The van der Waals surface area contributed by atoms with Crippen LogP contribution in [0.4, 0.5) is 0 Å². The minimum Gasteiger partial charge on any atom is -0.494 e. The first-order chi connectivity index (χ1) is 10.1. The lowest BCUT2D eigenvalue weighted by atomic mass is 10.1. The average molecular weight is 324 g/mol. The lowest BCUT2D eigenvalue weighted by Crippen LogP contribution is -2.23. The summed E-state index contributed by atoms with van der Waals surface area (Å²) in [5.74, 6) is 0.492. The molecule has 0 aliphatic carbocycles. The lowest BCUT2D eigenvalue weighted by Gasteiger charge is -2.11. The monoisotopic (exact) mass is 323 g/mol. The first-order valence-electron chi connectivity index (χ1n) is 6.55. The summed E-state index contributed by atoms with van der Waals surface area (Å²) in [4.78, 5) is 12.2. The van der Waals surface area contributed by atoms with Gasteiger partial charge >= 0.3 is 0 Å². The summed E-state index contributed by atoms with van der Waals surface area (Å²) in [7, 11) is 0. The highest BCUT2D eigenvalue weighted by atomic mass is 35.5. The van der Waals surface area contributed by atoms with Gasteiger partial charge < -0.3 is 10.1 Å². The summed E-state index contributed by atoms with van der Waals surface area (Å²) in [6.45, 7) is 2.85. The van der Waals surface area contributed by atoms with E-state index in [9.17, 15) is 4.79 Å². The van der Waals surface area contributed by atoms with Crippen molar-refractivity contribution in [3.05, 3.63) is 63.6 Å². The van der Waals surface area contributed by atoms with Crippen LogP contribution in [0.2, 0.25) is 10.0 Å². The Bertz CT molecular complexity index is 644. The molecule has 0 aliphatic rings. The number of hydrogen-bond donors (Lipinski definition) is 1. The molecule has 3 nitrogen and oxygen atoms in total. The fourth-order valence-electron chi connectivity index (χ4n) is 1.89. The number of rotatable bonds is 5. The van der Waals surface area contributed by atoms with E-state index in [-0.39, 0.29) is 5.91 Å². The van der Waals surface area contributed by atoms with Gasteiger partial charge in [-0.1, -0.05) is 41.4 Å². The van der Waals surface area contributed by atoms with E-state index < -0.39 is 0 Å². The van der Waals surface area contributed by atoms with Gasteiger partial charge in [0.2, 0.25) is 0 Å². The van der Waals surface area contributed by atoms with Crippen molar-refractivity contribution in [1.82, 2.24) is 5.32 Å². The molecular weight excluding hydrogens is 309 g/mol. The highest BCUT2D eigenvalue weighted by molar-refractivity contribution is 6.35. The van der Waals surface area contributed by atoms with Gasteiger partial charge in [-0.25, -0.2) is 0 Å². The van der Waals surface area contributed by atoms with Crippen LogP contribution in [0, 0.1) is 0 Å². The van der Waals surface area contributed by atoms with Crippen molar-refractivity contribution in [2.75, 3.05) is 6.61 Å². The molecule has 21 heavy (non-hydrogen) atoms. The van der Waals surface area contributed by atoms with E-state index in [2.05, 4.69) is 5.32 Å². The predicted octanol–water partition coefficient (Wildman–Crippen LogP) is 4.32. The van der Waals surface area contributed by atoms with Crippen molar-refractivity contribution in [1.29, 1.82) is 0 Å². The molecule has 0 fully saturated rings. The van der Waals surface area contributed by atoms with E-state index >= 15 is 0 Å². The van der Waals surface area contributed by atoms with E-state index in [1.807, 2.05) is 31.2 Å². The molecule has 0 aromatic heterocycles. The largest absolute Gasteiger partial charge is 0.494 e. The van der Waals surface area contributed by atoms with Crippen molar-refractivity contribution in [2.24, 2.45) is 0 Å². The molecule has 0 saturated heterocycles. The smallest absolute Gasteiger partial charge is 0.253 e. The molecule has 0 aliphatic heterocycles. The zero-order valence-corrected chi connectivity index (χ0v) is 13.0. The minimum atomic E-state index is -0.270. The molecule has 2 aromatic rings. The molecule has 1 N–H and O–H groups in total. The van der Waals surface area contributed by atoms with E-state index in [0.717, 1.165) is 11.3 Å². The van der Waals surface area contributed by atoms with Gasteiger partial charge in [0.15, 0.2) is 0 Å². The first-order valence-corrected chi connectivity index (χ1v) is 7.31. The topological polar surface area (TPSA) is 38.3 Å². The van der Waals surface area contributed by atoms with Gasteiger partial charge in [0.1, 0.15) is 5.75 Å². The average Bonchev–Trinajstić information content (AvgIpc) is 2.49. The molecule has 2 aromatic carbocycles. The number of benzene rings is 2. The maximum Gasteiger partial charge on any atom is 0.253 e. The van der Waals surface area contributed by atoms with Crippen LogP contribution in [0.5, 0.6) is 5.75 Å². The zero-order chi connectivity index (χ0) is 15.2. The molecule has 1 amide bonds. The Morgan fingerprint density at radius 3 is 2.71 bits per heavy atom. The minimum absolute atomic E-state index is 0.270. The fourth-order valence-corrected chi connectivity index (χ4v) is 2.26. The van der Waals surface area contributed by atoms with Gasteiger partial charge in [0.25, 0.3) is 5.91 Å². The molecular formula is C16H15Cl2NO2. The number of ether oxygens (including phenoxy) is 1. The number of amides is 1. The van der Waals surface area contributed by atoms with Gasteiger partial charge in [0.05, 0.1) is 17.2 Å². The molecule has 0 atom stereocenters. The van der Waals surface area contributed by atoms with Crippen LogP contribution in [0.25, 0.3) is 0 Å². The Labute approximate surface area is 133 Å². The van der Waals surface area contributed by atoms with Crippen LogP contribution < -0.4 is 10.1 Å². The lowest BCUT2D eigenvalue weighted by molar-refractivity contribution is 0.0951. The van der Waals surface area contributed by atoms with Crippen molar-refractivity contribution < 1.29 is 9.53 Å². The number of para-hydroxylation sites is 1. The van der Waals surface area contributed by atoms with Crippen LogP contribution in [0.3, 0.4) is 0 Å². The van der Waals surface area contributed by atoms with E-state index in [1.54, 1.807) is 18.2 Å². The summed E-state index contributed by atoms with van der Waals surface area (Å²) in [5.41, 5.74) is 1.27. The maximum absolute atomic E-state index is 12.2. The Hall–Kier alpha value is -1.71. The van der Waals surface area contributed by atoms with Crippen LogP contribution >= 0.6 is 23.2 Å². The van der Waals surface area contributed by atoms with E-state index in [4.69, 9.17) is 27.9 Å².